The lowest BCUT2D eigenvalue weighted by Gasteiger charge is -2.31. The molecule has 0 spiro atoms. The number of aromatic nitrogens is 3. The monoisotopic (exact) mass is 363 g/mol. The molecule has 1 aliphatic rings. The van der Waals surface area contributed by atoms with Crippen molar-refractivity contribution in [3.63, 3.8) is 0 Å². The zero-order valence-corrected chi connectivity index (χ0v) is 15.4. The number of piperidine rings is 1. The van der Waals surface area contributed by atoms with Crippen molar-refractivity contribution in [2.75, 3.05) is 37.7 Å². The minimum Gasteiger partial charge on any atom is -0.382 e. The third kappa shape index (κ3) is 4.79. The predicted molar refractivity (Wildman–Crippen MR) is 98.3 cm³/mol. The fourth-order valence-electron chi connectivity index (χ4n) is 2.94. The van der Waals surface area contributed by atoms with Crippen LogP contribution in [-0.4, -0.2) is 53.5 Å². The molecular weight excluding hydrogens is 338 g/mol. The van der Waals surface area contributed by atoms with Gasteiger partial charge in [0.15, 0.2) is 0 Å². The third-order valence-electron chi connectivity index (χ3n) is 4.26. The second kappa shape index (κ2) is 8.96. The molecule has 1 saturated heterocycles. The second-order valence-corrected chi connectivity index (χ2v) is 7.02. The Balaban J connectivity index is 1.51. The molecule has 3 rings (SSSR count). The van der Waals surface area contributed by atoms with E-state index in [1.54, 1.807) is 11.3 Å². The molecule has 1 fully saturated rings. The highest BCUT2D eigenvalue weighted by atomic mass is 32.1. The van der Waals surface area contributed by atoms with Crippen LogP contribution in [0.25, 0.3) is 5.13 Å². The summed E-state index contributed by atoms with van der Waals surface area (Å²) in [7, 11) is 0. The minimum absolute atomic E-state index is 0.0137. The van der Waals surface area contributed by atoms with Crippen molar-refractivity contribution in [2.24, 2.45) is 5.92 Å². The van der Waals surface area contributed by atoms with Crippen LogP contribution in [0.2, 0.25) is 0 Å². The van der Waals surface area contributed by atoms with E-state index in [2.05, 4.69) is 20.4 Å². The van der Waals surface area contributed by atoms with Crippen LogP contribution >= 0.6 is 11.3 Å². The Morgan fingerprint density at radius 2 is 2.16 bits per heavy atom. The summed E-state index contributed by atoms with van der Waals surface area (Å²) in [5.41, 5.74) is 0. The lowest BCUT2D eigenvalue weighted by Crippen LogP contribution is -2.43. The second-order valence-electron chi connectivity index (χ2n) is 6.08. The van der Waals surface area contributed by atoms with E-state index in [4.69, 9.17) is 4.74 Å². The van der Waals surface area contributed by atoms with Gasteiger partial charge in [-0.1, -0.05) is 11.3 Å². The van der Waals surface area contributed by atoms with Crippen molar-refractivity contribution in [3.8, 4) is 5.13 Å². The van der Waals surface area contributed by atoms with Crippen LogP contribution in [0.15, 0.2) is 24.5 Å². The summed E-state index contributed by atoms with van der Waals surface area (Å²) in [5.74, 6) is 0.149. The summed E-state index contributed by atoms with van der Waals surface area (Å²) in [5, 5.41) is 13.3. The van der Waals surface area contributed by atoms with Crippen LogP contribution in [-0.2, 0) is 9.53 Å². The molecule has 0 saturated carbocycles. The molecule has 7 nitrogen and oxygen atoms in total. The number of rotatable bonds is 8. The maximum atomic E-state index is 12.4. The van der Waals surface area contributed by atoms with E-state index >= 15 is 0 Å². The van der Waals surface area contributed by atoms with Gasteiger partial charge in [0.1, 0.15) is 0 Å². The van der Waals surface area contributed by atoms with E-state index < -0.39 is 0 Å². The zero-order valence-electron chi connectivity index (χ0n) is 14.6. The van der Waals surface area contributed by atoms with Crippen LogP contribution < -0.4 is 10.2 Å². The van der Waals surface area contributed by atoms with Crippen molar-refractivity contribution < 1.29 is 9.53 Å². The SMILES string of the molecule is CCOCCCNC(=O)[C@H]1CCCN(c2nnc(-n3cccc3)s2)C1. The van der Waals surface area contributed by atoms with Gasteiger partial charge in [-0.05, 0) is 38.3 Å². The Hall–Kier alpha value is -1.93. The summed E-state index contributed by atoms with van der Waals surface area (Å²) in [6, 6.07) is 3.93. The van der Waals surface area contributed by atoms with E-state index in [0.717, 1.165) is 42.7 Å². The van der Waals surface area contributed by atoms with Crippen molar-refractivity contribution in [1.82, 2.24) is 20.1 Å². The number of nitrogens with zero attached hydrogens (tertiary/aromatic N) is 4. The van der Waals surface area contributed by atoms with Gasteiger partial charge in [-0.25, -0.2) is 0 Å². The Bertz CT molecular complexity index is 658. The molecule has 1 aliphatic heterocycles. The fraction of sp³-hybridized carbons (Fsp3) is 0.588. The first-order valence-electron chi connectivity index (χ1n) is 8.85. The first kappa shape index (κ1) is 17.9. The standard InChI is InChI=1S/C17H25N5O2S/c1-2-24-12-6-8-18-15(23)14-7-5-11-22(13-14)17-20-19-16(25-17)21-9-3-4-10-21/h3-4,9-10,14H,2,5-8,11-13H2,1H3,(H,18,23)/t14-/m0/s1. The minimum atomic E-state index is 0.0137. The molecule has 1 amide bonds. The third-order valence-corrected chi connectivity index (χ3v) is 5.26. The number of hydrogen-bond donors (Lipinski definition) is 1. The van der Waals surface area contributed by atoms with Gasteiger partial charge in [0.25, 0.3) is 0 Å². The van der Waals surface area contributed by atoms with Gasteiger partial charge in [-0.2, -0.15) is 0 Å². The molecule has 2 aromatic rings. The van der Waals surface area contributed by atoms with Crippen LogP contribution in [0.3, 0.4) is 0 Å². The fourth-order valence-corrected chi connectivity index (χ4v) is 3.79. The first-order chi connectivity index (χ1) is 12.3. The van der Waals surface area contributed by atoms with E-state index in [-0.39, 0.29) is 11.8 Å². The van der Waals surface area contributed by atoms with Crippen molar-refractivity contribution in [2.45, 2.75) is 26.2 Å². The van der Waals surface area contributed by atoms with E-state index in [9.17, 15) is 4.79 Å². The van der Waals surface area contributed by atoms with Crippen LogP contribution in [0, 0.1) is 5.92 Å². The quantitative estimate of drug-likeness (QED) is 0.727. The van der Waals surface area contributed by atoms with E-state index in [1.165, 1.54) is 0 Å². The van der Waals surface area contributed by atoms with Gasteiger partial charge < -0.3 is 15.0 Å². The first-order valence-corrected chi connectivity index (χ1v) is 9.67. The Morgan fingerprint density at radius 1 is 1.36 bits per heavy atom. The molecule has 0 aromatic carbocycles. The molecular formula is C17H25N5O2S. The van der Waals surface area contributed by atoms with E-state index in [0.29, 0.717) is 19.7 Å². The largest absolute Gasteiger partial charge is 0.382 e. The number of hydrogen-bond acceptors (Lipinski definition) is 6. The molecule has 0 unspecified atom stereocenters. The number of ether oxygens (including phenoxy) is 1. The smallest absolute Gasteiger partial charge is 0.224 e. The summed E-state index contributed by atoms with van der Waals surface area (Å²) in [4.78, 5) is 14.6. The van der Waals surface area contributed by atoms with Gasteiger partial charge in [-0.15, -0.1) is 10.2 Å². The number of amides is 1. The highest BCUT2D eigenvalue weighted by molar-refractivity contribution is 7.17. The predicted octanol–water partition coefficient (Wildman–Crippen LogP) is 2.09. The number of nitrogens with one attached hydrogen (secondary N) is 1. The van der Waals surface area contributed by atoms with Crippen LogP contribution in [0.1, 0.15) is 26.2 Å². The molecule has 0 bridgehead atoms. The molecule has 0 aliphatic carbocycles. The Morgan fingerprint density at radius 3 is 2.96 bits per heavy atom. The number of anilines is 1. The number of carbonyl (C=O) groups is 1. The molecule has 3 heterocycles. The lowest BCUT2D eigenvalue weighted by atomic mass is 9.97. The van der Waals surface area contributed by atoms with Crippen LogP contribution in [0.4, 0.5) is 5.13 Å². The summed E-state index contributed by atoms with van der Waals surface area (Å²) >= 11 is 1.56. The van der Waals surface area contributed by atoms with Crippen molar-refractivity contribution >= 4 is 22.4 Å². The zero-order chi connectivity index (χ0) is 17.5. The average molecular weight is 363 g/mol. The molecule has 2 aromatic heterocycles. The highest BCUT2D eigenvalue weighted by Gasteiger charge is 2.27. The van der Waals surface area contributed by atoms with Gasteiger partial charge in [0, 0.05) is 45.2 Å². The van der Waals surface area contributed by atoms with Crippen molar-refractivity contribution in [1.29, 1.82) is 0 Å². The van der Waals surface area contributed by atoms with E-state index in [1.807, 2.05) is 36.0 Å². The van der Waals surface area contributed by atoms with Gasteiger partial charge in [0.2, 0.25) is 16.2 Å². The topological polar surface area (TPSA) is 72.3 Å². The maximum absolute atomic E-state index is 12.4. The lowest BCUT2D eigenvalue weighted by molar-refractivity contribution is -0.125. The maximum Gasteiger partial charge on any atom is 0.224 e. The van der Waals surface area contributed by atoms with Crippen LogP contribution in [0.5, 0.6) is 0 Å². The molecule has 1 atom stereocenters. The van der Waals surface area contributed by atoms with Gasteiger partial charge in [0.05, 0.1) is 5.92 Å². The molecule has 25 heavy (non-hydrogen) atoms. The Labute approximate surface area is 152 Å². The molecule has 8 heteroatoms. The number of carbonyl (C=O) groups excluding carboxylic acids is 1. The summed E-state index contributed by atoms with van der Waals surface area (Å²) < 4.78 is 7.25. The molecule has 1 N–H and O–H groups in total. The average Bonchev–Trinajstić information content (AvgIpc) is 3.33. The Kier molecular flexibility index (Phi) is 6.41. The van der Waals surface area contributed by atoms with Gasteiger partial charge in [-0.3, -0.25) is 9.36 Å². The summed E-state index contributed by atoms with van der Waals surface area (Å²) in [6.45, 7) is 5.70. The van der Waals surface area contributed by atoms with Gasteiger partial charge >= 0.3 is 0 Å². The summed E-state index contributed by atoms with van der Waals surface area (Å²) in [6.07, 6.45) is 6.69. The molecule has 0 radical (unpaired) electrons. The van der Waals surface area contributed by atoms with Crippen molar-refractivity contribution in [3.05, 3.63) is 24.5 Å². The normalized spacial score (nSPS) is 17.6. The highest BCUT2D eigenvalue weighted by Crippen LogP contribution is 2.27. The molecule has 136 valence electrons.